The number of anilines is 1. The average Bonchev–Trinajstić information content (AvgIpc) is 3.35. The number of carbonyl (C=O) groups excluding carboxylic acids is 1. The van der Waals surface area contributed by atoms with Gasteiger partial charge in [0.15, 0.2) is 0 Å². The number of hydrogen-bond acceptors (Lipinski definition) is 6. The molecule has 9 nitrogen and oxygen atoms in total. The molecule has 1 saturated heterocycles. The Balaban J connectivity index is 1.50. The monoisotopic (exact) mass is 368 g/mol. The molecule has 140 valence electrons. The molecule has 0 saturated carbocycles. The predicted octanol–water partition coefficient (Wildman–Crippen LogP) is 2.10. The van der Waals surface area contributed by atoms with Gasteiger partial charge in [0.05, 0.1) is 18.9 Å². The van der Waals surface area contributed by atoms with Crippen LogP contribution in [0, 0.1) is 0 Å². The summed E-state index contributed by atoms with van der Waals surface area (Å²) in [5.74, 6) is 1.36. The van der Waals surface area contributed by atoms with Crippen molar-refractivity contribution in [2.24, 2.45) is 0 Å². The Bertz CT molecular complexity index is 934. The van der Waals surface area contributed by atoms with Crippen molar-refractivity contribution >= 4 is 17.8 Å². The molecule has 2 N–H and O–H groups in total. The third-order valence-corrected chi connectivity index (χ3v) is 4.37. The summed E-state index contributed by atoms with van der Waals surface area (Å²) in [4.78, 5) is 20.5. The number of methoxy groups -OCH3 is 1. The van der Waals surface area contributed by atoms with Crippen LogP contribution in [0.5, 0.6) is 5.75 Å². The zero-order valence-corrected chi connectivity index (χ0v) is 14.9. The summed E-state index contributed by atoms with van der Waals surface area (Å²) in [6.45, 7) is 1.22. The molecule has 2 aromatic heterocycles. The average molecular weight is 368 g/mol. The zero-order valence-electron chi connectivity index (χ0n) is 14.9. The van der Waals surface area contributed by atoms with Gasteiger partial charge < -0.3 is 14.8 Å². The second kappa shape index (κ2) is 7.58. The van der Waals surface area contributed by atoms with Crippen LogP contribution >= 0.6 is 0 Å². The summed E-state index contributed by atoms with van der Waals surface area (Å²) < 4.78 is 12.3. The Labute approximate surface area is 155 Å². The van der Waals surface area contributed by atoms with Crippen LogP contribution in [-0.4, -0.2) is 52.0 Å². The van der Waals surface area contributed by atoms with E-state index in [9.17, 15) is 4.79 Å². The standard InChI is InChI=1S/C18H20N6O3/c1-26-13-6-4-12(5-7-13)15-8-9-19-17-21-16(23-24(15)17)22-18(25)20-11-14-3-2-10-27-14/h4-9,14H,2-3,10-11H2,1H3,(H2,20,22,23,25). The molecule has 1 aliphatic rings. The highest BCUT2D eigenvalue weighted by Crippen LogP contribution is 2.22. The van der Waals surface area contributed by atoms with Crippen LogP contribution in [0.25, 0.3) is 17.0 Å². The van der Waals surface area contributed by atoms with E-state index in [0.29, 0.717) is 12.3 Å². The van der Waals surface area contributed by atoms with E-state index < -0.39 is 0 Å². The Morgan fingerprint density at radius 1 is 1.33 bits per heavy atom. The molecule has 3 heterocycles. The number of rotatable bonds is 5. The third-order valence-electron chi connectivity index (χ3n) is 4.37. The number of ether oxygens (including phenoxy) is 2. The summed E-state index contributed by atoms with van der Waals surface area (Å²) in [7, 11) is 1.62. The maximum Gasteiger partial charge on any atom is 0.321 e. The van der Waals surface area contributed by atoms with Gasteiger partial charge in [0.1, 0.15) is 5.75 Å². The smallest absolute Gasteiger partial charge is 0.321 e. The van der Waals surface area contributed by atoms with Crippen LogP contribution in [0.1, 0.15) is 12.8 Å². The first-order valence-corrected chi connectivity index (χ1v) is 8.75. The molecule has 2 amide bonds. The Morgan fingerprint density at radius 2 is 2.19 bits per heavy atom. The van der Waals surface area contributed by atoms with Gasteiger partial charge >= 0.3 is 6.03 Å². The fraction of sp³-hybridized carbons (Fsp3) is 0.333. The van der Waals surface area contributed by atoms with E-state index >= 15 is 0 Å². The highest BCUT2D eigenvalue weighted by Gasteiger charge is 2.17. The van der Waals surface area contributed by atoms with E-state index in [1.54, 1.807) is 17.8 Å². The third kappa shape index (κ3) is 3.82. The van der Waals surface area contributed by atoms with E-state index in [2.05, 4.69) is 25.7 Å². The van der Waals surface area contributed by atoms with E-state index in [-0.39, 0.29) is 18.1 Å². The molecule has 0 bridgehead atoms. The molecule has 0 spiro atoms. The lowest BCUT2D eigenvalue weighted by molar-refractivity contribution is 0.112. The minimum atomic E-state index is -0.368. The number of urea groups is 1. The minimum absolute atomic E-state index is 0.0770. The van der Waals surface area contributed by atoms with E-state index in [1.807, 2.05) is 30.3 Å². The van der Waals surface area contributed by atoms with Gasteiger partial charge in [0.2, 0.25) is 0 Å². The molecule has 27 heavy (non-hydrogen) atoms. The summed E-state index contributed by atoms with van der Waals surface area (Å²) >= 11 is 0. The largest absolute Gasteiger partial charge is 0.497 e. The summed E-state index contributed by atoms with van der Waals surface area (Å²) in [5, 5.41) is 9.78. The highest BCUT2D eigenvalue weighted by atomic mass is 16.5. The quantitative estimate of drug-likeness (QED) is 0.715. The number of nitrogens with one attached hydrogen (secondary N) is 2. The van der Waals surface area contributed by atoms with Gasteiger partial charge in [-0.1, -0.05) is 0 Å². The number of nitrogens with zero attached hydrogens (tertiary/aromatic N) is 4. The van der Waals surface area contributed by atoms with Crippen LogP contribution < -0.4 is 15.4 Å². The number of amides is 2. The van der Waals surface area contributed by atoms with Crippen molar-refractivity contribution in [3.05, 3.63) is 36.5 Å². The lowest BCUT2D eigenvalue weighted by Gasteiger charge is -2.10. The van der Waals surface area contributed by atoms with Crippen molar-refractivity contribution in [3.8, 4) is 17.0 Å². The van der Waals surface area contributed by atoms with Gasteiger partial charge in [0.25, 0.3) is 11.7 Å². The fourth-order valence-electron chi connectivity index (χ4n) is 2.99. The predicted molar refractivity (Wildman–Crippen MR) is 98.8 cm³/mol. The van der Waals surface area contributed by atoms with Gasteiger partial charge in [-0.3, -0.25) is 5.32 Å². The van der Waals surface area contributed by atoms with Crippen LogP contribution in [-0.2, 0) is 4.74 Å². The van der Waals surface area contributed by atoms with Gasteiger partial charge in [-0.15, -0.1) is 5.10 Å². The molecule has 1 atom stereocenters. The second-order valence-electron chi connectivity index (χ2n) is 6.18. The fourth-order valence-corrected chi connectivity index (χ4v) is 2.99. The Kier molecular flexibility index (Phi) is 4.84. The van der Waals surface area contributed by atoms with Crippen molar-refractivity contribution in [2.45, 2.75) is 18.9 Å². The SMILES string of the molecule is COc1ccc(-c2ccnc3nc(NC(=O)NCC4CCCO4)nn23)cc1. The van der Waals surface area contributed by atoms with Gasteiger partial charge in [-0.05, 0) is 43.2 Å². The lowest BCUT2D eigenvalue weighted by atomic mass is 10.1. The second-order valence-corrected chi connectivity index (χ2v) is 6.18. The van der Waals surface area contributed by atoms with Crippen molar-refractivity contribution in [2.75, 3.05) is 25.6 Å². The van der Waals surface area contributed by atoms with Crippen molar-refractivity contribution in [3.63, 3.8) is 0 Å². The molecule has 0 aliphatic carbocycles. The number of fused-ring (bicyclic) bond motifs is 1. The van der Waals surface area contributed by atoms with Crippen LogP contribution in [0.4, 0.5) is 10.7 Å². The molecule has 1 aromatic carbocycles. The van der Waals surface area contributed by atoms with Crippen molar-refractivity contribution in [1.29, 1.82) is 0 Å². The van der Waals surface area contributed by atoms with Crippen LogP contribution in [0.15, 0.2) is 36.5 Å². The molecular weight excluding hydrogens is 348 g/mol. The van der Waals surface area contributed by atoms with Gasteiger partial charge in [0, 0.05) is 24.9 Å². The lowest BCUT2D eigenvalue weighted by Crippen LogP contribution is -2.35. The first-order chi connectivity index (χ1) is 13.2. The molecule has 1 unspecified atom stereocenters. The highest BCUT2D eigenvalue weighted by molar-refractivity contribution is 5.87. The minimum Gasteiger partial charge on any atom is -0.497 e. The molecule has 9 heteroatoms. The normalized spacial score (nSPS) is 16.4. The number of aromatic nitrogens is 4. The van der Waals surface area contributed by atoms with E-state index in [4.69, 9.17) is 9.47 Å². The van der Waals surface area contributed by atoms with Crippen LogP contribution in [0.3, 0.4) is 0 Å². The molecule has 1 aliphatic heterocycles. The number of hydrogen-bond donors (Lipinski definition) is 2. The first-order valence-electron chi connectivity index (χ1n) is 8.75. The Hall–Kier alpha value is -3.20. The Morgan fingerprint density at radius 3 is 2.93 bits per heavy atom. The summed E-state index contributed by atoms with van der Waals surface area (Å²) in [6, 6.07) is 9.07. The molecule has 0 radical (unpaired) electrons. The molecule has 1 fully saturated rings. The maximum absolute atomic E-state index is 12.1. The maximum atomic E-state index is 12.1. The van der Waals surface area contributed by atoms with E-state index in [0.717, 1.165) is 36.5 Å². The number of benzene rings is 1. The first kappa shape index (κ1) is 17.2. The zero-order chi connectivity index (χ0) is 18.6. The van der Waals surface area contributed by atoms with Crippen LogP contribution in [0.2, 0.25) is 0 Å². The van der Waals surface area contributed by atoms with Crippen molar-refractivity contribution < 1.29 is 14.3 Å². The number of carbonyl (C=O) groups is 1. The van der Waals surface area contributed by atoms with Gasteiger partial charge in [-0.25, -0.2) is 9.78 Å². The molecule has 4 rings (SSSR count). The molecule has 3 aromatic rings. The summed E-state index contributed by atoms with van der Waals surface area (Å²) in [5.41, 5.74) is 1.74. The van der Waals surface area contributed by atoms with Gasteiger partial charge in [-0.2, -0.15) is 9.50 Å². The van der Waals surface area contributed by atoms with E-state index in [1.165, 1.54) is 0 Å². The van der Waals surface area contributed by atoms with Crippen molar-refractivity contribution in [1.82, 2.24) is 24.9 Å². The topological polar surface area (TPSA) is 103 Å². The molecular formula is C18H20N6O3. The summed E-state index contributed by atoms with van der Waals surface area (Å²) in [6.07, 6.45) is 3.72.